The molecule has 3 nitrogen and oxygen atoms in total. The van der Waals surface area contributed by atoms with Crippen molar-refractivity contribution in [2.75, 3.05) is 7.11 Å². The zero-order valence-corrected chi connectivity index (χ0v) is 7.28. The van der Waals surface area contributed by atoms with Gasteiger partial charge in [0.25, 0.3) is 0 Å². The highest BCUT2D eigenvalue weighted by Gasteiger charge is 2.07. The van der Waals surface area contributed by atoms with E-state index in [-0.39, 0.29) is 6.61 Å². The van der Waals surface area contributed by atoms with Crippen molar-refractivity contribution in [1.29, 1.82) is 0 Å². The first-order valence-electron chi connectivity index (χ1n) is 3.76. The Morgan fingerprint density at radius 2 is 2.31 bits per heavy atom. The molecule has 3 heteroatoms. The van der Waals surface area contributed by atoms with E-state index in [2.05, 4.69) is 0 Å². The zero-order valence-electron chi connectivity index (χ0n) is 7.28. The van der Waals surface area contributed by atoms with Crippen LogP contribution < -0.4 is 4.74 Å². The minimum Gasteiger partial charge on any atom is -0.497 e. The largest absolute Gasteiger partial charge is 0.497 e. The lowest BCUT2D eigenvalue weighted by Crippen LogP contribution is -2.00. The summed E-state index contributed by atoms with van der Waals surface area (Å²) < 4.78 is 4.92. The number of ketones is 1. The van der Waals surface area contributed by atoms with Gasteiger partial charge in [-0.15, -0.1) is 0 Å². The van der Waals surface area contributed by atoms with Gasteiger partial charge in [0, 0.05) is 12.5 Å². The molecule has 0 saturated carbocycles. The van der Waals surface area contributed by atoms with Crippen LogP contribution in [-0.2, 0) is 6.61 Å². The summed E-state index contributed by atoms with van der Waals surface area (Å²) in [6.45, 7) is 4.90. The third-order valence-electron chi connectivity index (χ3n) is 1.75. The molecule has 0 saturated heterocycles. The van der Waals surface area contributed by atoms with Gasteiger partial charge in [0.2, 0.25) is 0 Å². The van der Waals surface area contributed by atoms with Crippen LogP contribution in [0.25, 0.3) is 0 Å². The van der Waals surface area contributed by atoms with Crippen LogP contribution in [0.15, 0.2) is 18.2 Å². The van der Waals surface area contributed by atoms with Crippen molar-refractivity contribution in [3.05, 3.63) is 36.2 Å². The van der Waals surface area contributed by atoms with Crippen molar-refractivity contribution in [3.8, 4) is 5.75 Å². The van der Waals surface area contributed by atoms with Gasteiger partial charge in [-0.1, -0.05) is 6.07 Å². The fraction of sp³-hybridized carbons (Fsp3) is 0.200. The van der Waals surface area contributed by atoms with Crippen LogP contribution >= 0.6 is 0 Å². The first-order chi connectivity index (χ1) is 6.19. The molecule has 0 amide bonds. The minimum absolute atomic E-state index is 0.206. The number of hydrogen-bond donors (Lipinski definition) is 1. The van der Waals surface area contributed by atoms with E-state index in [1.54, 1.807) is 12.1 Å². The molecule has 2 radical (unpaired) electrons. The summed E-state index contributed by atoms with van der Waals surface area (Å²) in [5.74, 6) is -0.0195. The van der Waals surface area contributed by atoms with Crippen molar-refractivity contribution < 1.29 is 14.6 Å². The quantitative estimate of drug-likeness (QED) is 0.704. The number of Topliss-reactive ketones (excluding diaryl/α,β-unsaturated/α-hetero) is 1. The maximum absolute atomic E-state index is 10.9. The molecule has 0 aromatic heterocycles. The van der Waals surface area contributed by atoms with Crippen LogP contribution in [0.3, 0.4) is 0 Å². The molecule has 1 rings (SSSR count). The first kappa shape index (κ1) is 9.74. The van der Waals surface area contributed by atoms with Gasteiger partial charge < -0.3 is 9.84 Å². The van der Waals surface area contributed by atoms with Crippen LogP contribution in [0.5, 0.6) is 5.75 Å². The fourth-order valence-electron chi connectivity index (χ4n) is 1.05. The van der Waals surface area contributed by atoms with E-state index in [4.69, 9.17) is 16.8 Å². The Hall–Kier alpha value is -1.35. The van der Waals surface area contributed by atoms with E-state index in [9.17, 15) is 4.79 Å². The molecule has 68 valence electrons. The summed E-state index contributed by atoms with van der Waals surface area (Å²) in [6, 6.07) is 4.78. The molecule has 0 aliphatic carbocycles. The molecule has 0 bridgehead atoms. The summed E-state index contributed by atoms with van der Waals surface area (Å²) in [4.78, 5) is 10.9. The maximum atomic E-state index is 10.9. The number of hydrogen-bond acceptors (Lipinski definition) is 3. The number of carbonyl (C=O) groups is 1. The zero-order chi connectivity index (χ0) is 9.84. The van der Waals surface area contributed by atoms with Crippen LogP contribution in [-0.4, -0.2) is 18.0 Å². The van der Waals surface area contributed by atoms with E-state index >= 15 is 0 Å². The Balaban J connectivity index is 3.18. The summed E-state index contributed by atoms with van der Waals surface area (Å²) in [5.41, 5.74) is 0.801. The summed E-state index contributed by atoms with van der Waals surface area (Å²) in [6.07, 6.45) is 0. The van der Waals surface area contributed by atoms with E-state index in [1.807, 2.05) is 0 Å². The Morgan fingerprint density at radius 1 is 1.62 bits per heavy atom. The highest BCUT2D eigenvalue weighted by Crippen LogP contribution is 2.17. The Morgan fingerprint density at radius 3 is 2.77 bits per heavy atom. The van der Waals surface area contributed by atoms with Crippen molar-refractivity contribution in [1.82, 2.24) is 0 Å². The van der Waals surface area contributed by atoms with Crippen molar-refractivity contribution in [3.63, 3.8) is 0 Å². The fourth-order valence-corrected chi connectivity index (χ4v) is 1.05. The molecule has 0 spiro atoms. The summed E-state index contributed by atoms with van der Waals surface area (Å²) in [5, 5.41) is 8.88. The minimum atomic E-state index is -0.567. The Bertz CT molecular complexity index is 318. The lowest BCUT2D eigenvalue weighted by molar-refractivity contribution is 0.104. The van der Waals surface area contributed by atoms with E-state index in [1.165, 1.54) is 13.2 Å². The molecule has 0 aliphatic rings. The summed E-state index contributed by atoms with van der Waals surface area (Å²) >= 11 is 0. The van der Waals surface area contributed by atoms with Gasteiger partial charge in [0.1, 0.15) is 5.75 Å². The second-order valence-corrected chi connectivity index (χ2v) is 2.55. The maximum Gasteiger partial charge on any atom is 0.167 e. The average Bonchev–Trinajstić information content (AvgIpc) is 2.16. The second kappa shape index (κ2) is 4.05. The van der Waals surface area contributed by atoms with E-state index in [0.717, 1.165) is 0 Å². The number of benzene rings is 1. The number of ether oxygens (including phenoxy) is 1. The van der Waals surface area contributed by atoms with Crippen molar-refractivity contribution in [2.45, 2.75) is 6.61 Å². The van der Waals surface area contributed by atoms with E-state index in [0.29, 0.717) is 16.9 Å². The number of aliphatic hydroxyl groups is 1. The highest BCUT2D eigenvalue weighted by molar-refractivity contribution is 6.00. The predicted molar refractivity (Wildman–Crippen MR) is 47.5 cm³/mol. The third kappa shape index (κ3) is 2.06. The first-order valence-corrected chi connectivity index (χ1v) is 3.76. The second-order valence-electron chi connectivity index (χ2n) is 2.55. The molecule has 13 heavy (non-hydrogen) atoms. The van der Waals surface area contributed by atoms with Crippen molar-refractivity contribution >= 4 is 5.78 Å². The summed E-state index contributed by atoms with van der Waals surface area (Å²) in [7, 11) is 1.50. The Labute approximate surface area is 77.0 Å². The highest BCUT2D eigenvalue weighted by atomic mass is 16.5. The van der Waals surface area contributed by atoms with Crippen LogP contribution in [0.2, 0.25) is 0 Å². The Kier molecular flexibility index (Phi) is 3.03. The van der Waals surface area contributed by atoms with Gasteiger partial charge in [-0.2, -0.15) is 0 Å². The predicted octanol–water partition coefficient (Wildman–Crippen LogP) is 1.08. The van der Waals surface area contributed by atoms with Gasteiger partial charge in [0.15, 0.2) is 5.78 Å². The molecule has 0 fully saturated rings. The topological polar surface area (TPSA) is 46.5 Å². The molecule has 1 aromatic carbocycles. The average molecular weight is 178 g/mol. The smallest absolute Gasteiger partial charge is 0.167 e. The molecular formula is C10H10O3. The molecule has 0 unspecified atom stereocenters. The standard InChI is InChI=1S/C10H10O3/c1-7(12)10-5-9(13-2)4-3-8(10)6-11/h1,3-5,11H,6H2,2H3. The third-order valence-corrected chi connectivity index (χ3v) is 1.75. The normalized spacial score (nSPS) is 9.77. The van der Waals surface area contributed by atoms with Gasteiger partial charge in [0.05, 0.1) is 13.7 Å². The molecule has 1 N–H and O–H groups in total. The lowest BCUT2D eigenvalue weighted by atomic mass is 10.0. The van der Waals surface area contributed by atoms with Crippen molar-refractivity contribution in [2.24, 2.45) is 0 Å². The molecule has 0 aliphatic heterocycles. The van der Waals surface area contributed by atoms with Gasteiger partial charge >= 0.3 is 0 Å². The van der Waals surface area contributed by atoms with Gasteiger partial charge in [-0.25, -0.2) is 0 Å². The SMILES string of the molecule is [CH]C(=O)c1cc(OC)ccc1CO. The van der Waals surface area contributed by atoms with Gasteiger partial charge in [-0.3, -0.25) is 4.79 Å². The number of aliphatic hydroxyl groups excluding tert-OH is 1. The molecule has 0 heterocycles. The number of carbonyl (C=O) groups excluding carboxylic acids is 1. The van der Waals surface area contributed by atoms with Crippen LogP contribution in [0.4, 0.5) is 0 Å². The van der Waals surface area contributed by atoms with Gasteiger partial charge in [-0.05, 0) is 17.7 Å². The molecule has 1 aromatic rings. The van der Waals surface area contributed by atoms with E-state index < -0.39 is 5.78 Å². The van der Waals surface area contributed by atoms with Crippen LogP contribution in [0, 0.1) is 6.92 Å². The molecule has 0 atom stereocenters. The number of rotatable bonds is 3. The monoisotopic (exact) mass is 178 g/mol. The van der Waals surface area contributed by atoms with Crippen LogP contribution in [0.1, 0.15) is 15.9 Å². The number of methoxy groups -OCH3 is 1. The lowest BCUT2D eigenvalue weighted by Gasteiger charge is -2.06. The molecular weight excluding hydrogens is 168 g/mol.